The van der Waals surface area contributed by atoms with Crippen LogP contribution in [0.3, 0.4) is 0 Å². The van der Waals surface area contributed by atoms with E-state index in [9.17, 15) is 0 Å². The Bertz CT molecular complexity index is 405. The van der Waals surface area contributed by atoms with Gasteiger partial charge in [-0.05, 0) is 36.9 Å². The van der Waals surface area contributed by atoms with E-state index < -0.39 is 0 Å². The van der Waals surface area contributed by atoms with Crippen LogP contribution in [0.1, 0.15) is 58.6 Å². The first-order valence-corrected chi connectivity index (χ1v) is 8.56. The third kappa shape index (κ3) is 4.55. The molecule has 0 spiro atoms. The van der Waals surface area contributed by atoms with Gasteiger partial charge < -0.3 is 5.32 Å². The molecule has 0 amide bonds. The molecule has 1 aliphatic rings. The molecular weight excluding hydrogens is 256 g/mol. The van der Waals surface area contributed by atoms with Gasteiger partial charge in [0.15, 0.2) is 0 Å². The first-order valence-electron chi connectivity index (χ1n) is 8.56. The average Bonchev–Trinajstić information content (AvgIpc) is 2.50. The fourth-order valence-electron chi connectivity index (χ4n) is 3.21. The van der Waals surface area contributed by atoms with Gasteiger partial charge >= 0.3 is 0 Å². The molecule has 0 aliphatic carbocycles. The second-order valence-corrected chi connectivity index (χ2v) is 7.19. The van der Waals surface area contributed by atoms with Gasteiger partial charge in [0.2, 0.25) is 0 Å². The Morgan fingerprint density at radius 3 is 2.29 bits per heavy atom. The van der Waals surface area contributed by atoms with E-state index in [1.807, 2.05) is 0 Å². The molecule has 1 unspecified atom stereocenters. The minimum atomic E-state index is 0.509. The second kappa shape index (κ2) is 7.42. The molecule has 2 nitrogen and oxygen atoms in total. The predicted molar refractivity (Wildman–Crippen MR) is 91.5 cm³/mol. The summed E-state index contributed by atoms with van der Waals surface area (Å²) < 4.78 is 0. The number of rotatable bonds is 6. The summed E-state index contributed by atoms with van der Waals surface area (Å²) in [5.41, 5.74) is 2.01. The van der Waals surface area contributed by atoms with Gasteiger partial charge in [0.25, 0.3) is 0 Å². The van der Waals surface area contributed by atoms with Crippen molar-refractivity contribution >= 4 is 0 Å². The van der Waals surface area contributed by atoms with Crippen LogP contribution in [0.15, 0.2) is 30.3 Å². The Labute approximate surface area is 130 Å². The summed E-state index contributed by atoms with van der Waals surface area (Å²) in [5, 5.41) is 3.63. The van der Waals surface area contributed by atoms with Gasteiger partial charge in [-0.2, -0.15) is 0 Å². The number of hydrogen-bond donors (Lipinski definition) is 1. The summed E-state index contributed by atoms with van der Waals surface area (Å²) in [6.07, 6.45) is 3.96. The van der Waals surface area contributed by atoms with Gasteiger partial charge in [0.05, 0.1) is 0 Å². The van der Waals surface area contributed by atoms with Crippen molar-refractivity contribution in [2.24, 2.45) is 5.41 Å². The number of nitrogens with zero attached hydrogens (tertiary/aromatic N) is 1. The summed E-state index contributed by atoms with van der Waals surface area (Å²) >= 11 is 0. The average molecular weight is 288 g/mol. The third-order valence-corrected chi connectivity index (χ3v) is 5.20. The van der Waals surface area contributed by atoms with Crippen LogP contribution in [0.5, 0.6) is 0 Å². The van der Waals surface area contributed by atoms with Crippen molar-refractivity contribution in [3.8, 4) is 0 Å². The third-order valence-electron chi connectivity index (χ3n) is 5.20. The monoisotopic (exact) mass is 288 g/mol. The molecule has 1 fully saturated rings. The van der Waals surface area contributed by atoms with Crippen LogP contribution >= 0.6 is 0 Å². The molecule has 1 aromatic rings. The molecule has 0 saturated carbocycles. The highest BCUT2D eigenvalue weighted by Crippen LogP contribution is 2.36. The lowest BCUT2D eigenvalue weighted by Crippen LogP contribution is -2.44. The summed E-state index contributed by atoms with van der Waals surface area (Å²) in [4.78, 5) is 2.68. The molecular formula is C19H32N2. The van der Waals surface area contributed by atoms with E-state index in [0.717, 1.165) is 6.54 Å². The van der Waals surface area contributed by atoms with E-state index in [1.54, 1.807) is 0 Å². The Balaban J connectivity index is 2.06. The van der Waals surface area contributed by atoms with Gasteiger partial charge in [-0.25, -0.2) is 0 Å². The van der Waals surface area contributed by atoms with Crippen molar-refractivity contribution in [3.05, 3.63) is 35.9 Å². The van der Waals surface area contributed by atoms with Gasteiger partial charge in [-0.15, -0.1) is 0 Å². The molecule has 1 N–H and O–H groups in total. The number of hydrogen-bond acceptors (Lipinski definition) is 2. The molecule has 2 heteroatoms. The molecule has 1 saturated heterocycles. The van der Waals surface area contributed by atoms with Crippen molar-refractivity contribution < 1.29 is 0 Å². The highest BCUT2D eigenvalue weighted by Gasteiger charge is 2.31. The summed E-state index contributed by atoms with van der Waals surface area (Å²) in [6.45, 7) is 12.7. The van der Waals surface area contributed by atoms with Crippen LogP contribution in [-0.4, -0.2) is 30.6 Å². The van der Waals surface area contributed by atoms with Crippen LogP contribution in [-0.2, 0) is 0 Å². The minimum Gasteiger partial charge on any atom is -0.313 e. The van der Waals surface area contributed by atoms with Crippen LogP contribution < -0.4 is 5.32 Å². The number of nitrogens with one attached hydrogen (secondary N) is 1. The van der Waals surface area contributed by atoms with Crippen LogP contribution in [0.4, 0.5) is 0 Å². The summed E-state index contributed by atoms with van der Waals surface area (Å²) in [5.74, 6) is 0. The van der Waals surface area contributed by atoms with Crippen molar-refractivity contribution in [1.82, 2.24) is 10.2 Å². The lowest BCUT2D eigenvalue weighted by Gasteiger charge is -2.43. The van der Waals surface area contributed by atoms with Gasteiger partial charge in [0.1, 0.15) is 0 Å². The smallest absolute Gasteiger partial charge is 0.0472 e. The molecule has 0 bridgehead atoms. The van der Waals surface area contributed by atoms with Gasteiger partial charge in [0, 0.05) is 18.6 Å². The maximum Gasteiger partial charge on any atom is 0.0472 e. The Morgan fingerprint density at radius 2 is 1.76 bits per heavy atom. The SMILES string of the molecule is CCC1(C)CCN(C(CNC(C)C)c2ccccc2)CC1. The topological polar surface area (TPSA) is 15.3 Å². The zero-order valence-corrected chi connectivity index (χ0v) is 14.2. The lowest BCUT2D eigenvalue weighted by molar-refractivity contribution is 0.0789. The standard InChI is InChI=1S/C19H32N2/c1-5-19(4)11-13-21(14-12-19)18(15-20-16(2)3)17-9-7-6-8-10-17/h6-10,16,18,20H,5,11-15H2,1-4H3. The minimum absolute atomic E-state index is 0.509. The molecule has 2 rings (SSSR count). The van der Waals surface area contributed by atoms with Crippen LogP contribution in [0.2, 0.25) is 0 Å². The largest absolute Gasteiger partial charge is 0.313 e. The normalized spacial score (nSPS) is 20.6. The van der Waals surface area contributed by atoms with Crippen molar-refractivity contribution in [2.45, 2.75) is 59.0 Å². The first kappa shape index (κ1) is 16.5. The van der Waals surface area contributed by atoms with Gasteiger partial charge in [-0.3, -0.25) is 4.90 Å². The molecule has 1 aromatic carbocycles. The van der Waals surface area contributed by atoms with E-state index >= 15 is 0 Å². The Morgan fingerprint density at radius 1 is 1.14 bits per heavy atom. The molecule has 0 aromatic heterocycles. The zero-order valence-electron chi connectivity index (χ0n) is 14.2. The molecule has 0 radical (unpaired) electrons. The van der Waals surface area contributed by atoms with Gasteiger partial charge in [-0.1, -0.05) is 64.4 Å². The second-order valence-electron chi connectivity index (χ2n) is 7.19. The molecule has 1 atom stereocenters. The van der Waals surface area contributed by atoms with E-state index in [-0.39, 0.29) is 0 Å². The van der Waals surface area contributed by atoms with E-state index in [1.165, 1.54) is 37.9 Å². The molecule has 1 aliphatic heterocycles. The quantitative estimate of drug-likeness (QED) is 0.842. The number of piperidine rings is 1. The lowest BCUT2D eigenvalue weighted by atomic mass is 9.78. The Kier molecular flexibility index (Phi) is 5.83. The number of benzene rings is 1. The van der Waals surface area contributed by atoms with Crippen molar-refractivity contribution in [1.29, 1.82) is 0 Å². The van der Waals surface area contributed by atoms with Crippen LogP contribution in [0, 0.1) is 5.41 Å². The maximum atomic E-state index is 3.63. The molecule has 118 valence electrons. The highest BCUT2D eigenvalue weighted by atomic mass is 15.2. The Hall–Kier alpha value is -0.860. The molecule has 1 heterocycles. The van der Waals surface area contributed by atoms with Crippen molar-refractivity contribution in [2.75, 3.05) is 19.6 Å². The number of likely N-dealkylation sites (tertiary alicyclic amines) is 1. The molecule has 21 heavy (non-hydrogen) atoms. The van der Waals surface area contributed by atoms with E-state index in [4.69, 9.17) is 0 Å². The predicted octanol–water partition coefficient (Wildman–Crippen LogP) is 4.24. The summed E-state index contributed by atoms with van der Waals surface area (Å²) in [6, 6.07) is 12.0. The zero-order chi connectivity index (χ0) is 15.3. The fraction of sp³-hybridized carbons (Fsp3) is 0.684. The first-order chi connectivity index (χ1) is 10.0. The highest BCUT2D eigenvalue weighted by molar-refractivity contribution is 5.19. The fourth-order valence-corrected chi connectivity index (χ4v) is 3.21. The maximum absolute atomic E-state index is 3.63. The van der Waals surface area contributed by atoms with Crippen LogP contribution in [0.25, 0.3) is 0 Å². The van der Waals surface area contributed by atoms with Crippen molar-refractivity contribution in [3.63, 3.8) is 0 Å². The van der Waals surface area contributed by atoms with E-state index in [2.05, 4.69) is 68.2 Å². The van der Waals surface area contributed by atoms with E-state index in [0.29, 0.717) is 17.5 Å². The summed E-state index contributed by atoms with van der Waals surface area (Å²) in [7, 11) is 0.